The Hall–Kier alpha value is -1.69. The normalized spacial score (nSPS) is 16.6. The molecule has 0 aliphatic heterocycles. The Balaban J connectivity index is 1.67. The van der Waals surface area contributed by atoms with Gasteiger partial charge in [0.1, 0.15) is 5.82 Å². The van der Waals surface area contributed by atoms with Crippen LogP contribution in [0.4, 0.5) is 0 Å². The summed E-state index contributed by atoms with van der Waals surface area (Å²) in [6, 6.07) is 7.48. The van der Waals surface area contributed by atoms with Crippen LogP contribution in [-0.2, 0) is 16.3 Å². The number of hydrogen-bond donors (Lipinski definition) is 1. The second-order valence-corrected chi connectivity index (χ2v) is 8.42. The fourth-order valence-electron chi connectivity index (χ4n) is 3.23. The molecule has 1 fully saturated rings. The van der Waals surface area contributed by atoms with Crippen LogP contribution < -0.4 is 0 Å². The molecule has 0 unspecified atom stereocenters. The highest BCUT2D eigenvalue weighted by atomic mass is 32.2. The number of rotatable bonds is 5. The molecular weight excluding hydrogens is 310 g/mol. The molecule has 0 amide bonds. The second-order valence-electron chi connectivity index (χ2n) is 6.31. The van der Waals surface area contributed by atoms with Crippen LogP contribution in [-0.4, -0.2) is 29.4 Å². The first-order valence-corrected chi connectivity index (χ1v) is 9.90. The molecule has 124 valence electrons. The van der Waals surface area contributed by atoms with E-state index in [1.807, 2.05) is 12.1 Å². The predicted molar refractivity (Wildman–Crippen MR) is 89.1 cm³/mol. The van der Waals surface area contributed by atoms with Crippen molar-refractivity contribution in [1.29, 1.82) is 0 Å². The Morgan fingerprint density at radius 3 is 2.43 bits per heavy atom. The quantitative estimate of drug-likeness (QED) is 0.912. The number of sulfone groups is 1. The molecule has 0 radical (unpaired) electrons. The highest BCUT2D eigenvalue weighted by Crippen LogP contribution is 2.32. The van der Waals surface area contributed by atoms with E-state index in [0.717, 1.165) is 0 Å². The number of benzene rings is 1. The maximum Gasteiger partial charge on any atom is 0.178 e. The van der Waals surface area contributed by atoms with Crippen molar-refractivity contribution in [3.05, 3.63) is 41.5 Å². The Kier molecular flexibility index (Phi) is 4.80. The van der Waals surface area contributed by atoms with Gasteiger partial charge in [-0.1, -0.05) is 31.4 Å². The number of aromatic nitrogens is 3. The van der Waals surface area contributed by atoms with Gasteiger partial charge in [0.15, 0.2) is 15.7 Å². The average molecular weight is 333 g/mol. The molecule has 0 spiro atoms. The summed E-state index contributed by atoms with van der Waals surface area (Å²) in [5.41, 5.74) is 1.27. The molecule has 0 atom stereocenters. The van der Waals surface area contributed by atoms with Crippen molar-refractivity contribution in [2.45, 2.75) is 56.3 Å². The first-order valence-electron chi connectivity index (χ1n) is 8.25. The lowest BCUT2D eigenvalue weighted by molar-refractivity contribution is 0.443. The summed E-state index contributed by atoms with van der Waals surface area (Å²) in [5, 5.41) is 6.72. The van der Waals surface area contributed by atoms with E-state index in [1.165, 1.54) is 37.7 Å². The molecule has 0 saturated heterocycles. The Bertz CT molecular complexity index is 744. The van der Waals surface area contributed by atoms with Gasteiger partial charge >= 0.3 is 0 Å². The maximum absolute atomic E-state index is 12.4. The van der Waals surface area contributed by atoms with Gasteiger partial charge in [-0.05, 0) is 43.4 Å². The summed E-state index contributed by atoms with van der Waals surface area (Å²) in [6.45, 7) is 1.80. The summed E-state index contributed by atoms with van der Waals surface area (Å²) in [4.78, 5) is 4.54. The van der Waals surface area contributed by atoms with Gasteiger partial charge < -0.3 is 0 Å². The number of nitrogens with zero attached hydrogens (tertiary/aromatic N) is 2. The van der Waals surface area contributed by atoms with Crippen LogP contribution in [0.15, 0.2) is 29.2 Å². The summed E-state index contributed by atoms with van der Waals surface area (Å²) < 4.78 is 24.9. The third kappa shape index (κ3) is 3.99. The molecule has 1 aliphatic rings. The topological polar surface area (TPSA) is 75.7 Å². The average Bonchev–Trinajstić information content (AvgIpc) is 3.00. The number of H-pyrrole nitrogens is 1. The zero-order valence-electron chi connectivity index (χ0n) is 13.5. The third-order valence-corrected chi connectivity index (χ3v) is 6.29. The lowest BCUT2D eigenvalue weighted by Gasteiger charge is -2.22. The third-order valence-electron chi connectivity index (χ3n) is 4.55. The standard InChI is InChI=1S/C17H23N3O2S/c1-13-18-17(20-19-13)11-12-23(21,22)16-9-7-15(8-10-16)14-5-3-2-4-6-14/h7-10,14H,2-6,11-12H2,1H3,(H,18,19,20). The van der Waals surface area contributed by atoms with E-state index in [0.29, 0.717) is 28.9 Å². The van der Waals surface area contributed by atoms with Crippen LogP contribution in [0.2, 0.25) is 0 Å². The summed E-state index contributed by atoms with van der Waals surface area (Å²) in [7, 11) is -3.29. The number of hydrogen-bond acceptors (Lipinski definition) is 4. The lowest BCUT2D eigenvalue weighted by Crippen LogP contribution is -2.11. The molecule has 1 heterocycles. The van der Waals surface area contributed by atoms with Gasteiger partial charge in [0.05, 0.1) is 10.6 Å². The van der Waals surface area contributed by atoms with Gasteiger partial charge in [-0.25, -0.2) is 13.4 Å². The van der Waals surface area contributed by atoms with Crippen molar-refractivity contribution in [2.75, 3.05) is 5.75 Å². The minimum atomic E-state index is -3.29. The van der Waals surface area contributed by atoms with E-state index in [2.05, 4.69) is 15.2 Å². The van der Waals surface area contributed by atoms with Crippen molar-refractivity contribution in [3.63, 3.8) is 0 Å². The fourth-order valence-corrected chi connectivity index (χ4v) is 4.47. The minimum Gasteiger partial charge on any atom is -0.263 e. The predicted octanol–water partition coefficient (Wildman–Crippen LogP) is 3.18. The van der Waals surface area contributed by atoms with Crippen molar-refractivity contribution < 1.29 is 8.42 Å². The Labute approximate surface area is 137 Å². The van der Waals surface area contributed by atoms with Gasteiger partial charge in [-0.2, -0.15) is 5.10 Å². The molecule has 1 saturated carbocycles. The molecule has 3 rings (SSSR count). The van der Waals surface area contributed by atoms with Crippen molar-refractivity contribution in [1.82, 2.24) is 15.2 Å². The molecule has 1 aromatic heterocycles. The fraction of sp³-hybridized carbons (Fsp3) is 0.529. The first-order chi connectivity index (χ1) is 11.0. The summed E-state index contributed by atoms with van der Waals surface area (Å²) in [5.74, 6) is 1.88. The second kappa shape index (κ2) is 6.83. The van der Waals surface area contributed by atoms with Crippen LogP contribution in [0.5, 0.6) is 0 Å². The van der Waals surface area contributed by atoms with E-state index >= 15 is 0 Å². The molecule has 23 heavy (non-hydrogen) atoms. The number of aryl methyl sites for hydroxylation is 2. The minimum absolute atomic E-state index is 0.0348. The molecule has 6 heteroatoms. The van der Waals surface area contributed by atoms with Gasteiger partial charge in [-0.3, -0.25) is 5.10 Å². The van der Waals surface area contributed by atoms with Crippen molar-refractivity contribution in [2.24, 2.45) is 0 Å². The van der Waals surface area contributed by atoms with Crippen molar-refractivity contribution in [3.8, 4) is 0 Å². The number of aromatic amines is 1. The van der Waals surface area contributed by atoms with Crippen LogP contribution >= 0.6 is 0 Å². The van der Waals surface area contributed by atoms with E-state index < -0.39 is 9.84 Å². The zero-order chi connectivity index (χ0) is 16.3. The largest absolute Gasteiger partial charge is 0.263 e. The first kappa shape index (κ1) is 16.2. The maximum atomic E-state index is 12.4. The van der Waals surface area contributed by atoms with Gasteiger partial charge in [-0.15, -0.1) is 0 Å². The van der Waals surface area contributed by atoms with Crippen LogP contribution in [0.1, 0.15) is 55.2 Å². The molecule has 2 aromatic rings. The molecule has 1 aromatic carbocycles. The molecule has 5 nitrogen and oxygen atoms in total. The van der Waals surface area contributed by atoms with Crippen LogP contribution in [0.25, 0.3) is 0 Å². The smallest absolute Gasteiger partial charge is 0.178 e. The molecule has 1 N–H and O–H groups in total. The van der Waals surface area contributed by atoms with E-state index in [4.69, 9.17) is 0 Å². The highest BCUT2D eigenvalue weighted by Gasteiger charge is 2.18. The molecular formula is C17H23N3O2S. The monoisotopic (exact) mass is 333 g/mol. The Morgan fingerprint density at radius 1 is 1.13 bits per heavy atom. The van der Waals surface area contributed by atoms with E-state index in [1.54, 1.807) is 19.1 Å². The van der Waals surface area contributed by atoms with Gasteiger partial charge in [0.25, 0.3) is 0 Å². The number of nitrogens with one attached hydrogen (secondary N) is 1. The van der Waals surface area contributed by atoms with E-state index in [9.17, 15) is 8.42 Å². The molecule has 1 aliphatic carbocycles. The highest BCUT2D eigenvalue weighted by molar-refractivity contribution is 7.91. The lowest BCUT2D eigenvalue weighted by atomic mass is 9.84. The summed E-state index contributed by atoms with van der Waals surface area (Å²) >= 11 is 0. The van der Waals surface area contributed by atoms with Crippen molar-refractivity contribution >= 4 is 9.84 Å². The summed E-state index contributed by atoms with van der Waals surface area (Å²) in [6.07, 6.45) is 6.65. The SMILES string of the molecule is Cc1nc(CCS(=O)(=O)c2ccc(C3CCCCC3)cc2)n[nH]1. The van der Waals surface area contributed by atoms with Gasteiger partial charge in [0.2, 0.25) is 0 Å². The van der Waals surface area contributed by atoms with E-state index in [-0.39, 0.29) is 5.75 Å². The van der Waals surface area contributed by atoms with Gasteiger partial charge in [0, 0.05) is 6.42 Å². The van der Waals surface area contributed by atoms with Crippen LogP contribution in [0.3, 0.4) is 0 Å². The molecule has 0 bridgehead atoms. The zero-order valence-corrected chi connectivity index (χ0v) is 14.3. The van der Waals surface area contributed by atoms with Crippen LogP contribution in [0, 0.1) is 6.92 Å². The Morgan fingerprint density at radius 2 is 1.83 bits per heavy atom.